The van der Waals surface area contributed by atoms with Gasteiger partial charge < -0.3 is 15.0 Å². The van der Waals surface area contributed by atoms with Gasteiger partial charge in [-0.15, -0.1) is 0 Å². The van der Waals surface area contributed by atoms with E-state index in [1.165, 1.54) is 11.1 Å². The van der Waals surface area contributed by atoms with E-state index in [2.05, 4.69) is 34.4 Å². The highest BCUT2D eigenvalue weighted by Crippen LogP contribution is 2.33. The summed E-state index contributed by atoms with van der Waals surface area (Å²) < 4.78 is 10.7. The van der Waals surface area contributed by atoms with Crippen molar-refractivity contribution in [1.29, 1.82) is 0 Å². The van der Waals surface area contributed by atoms with Crippen LogP contribution < -0.4 is 5.73 Å². The van der Waals surface area contributed by atoms with Crippen LogP contribution in [0.4, 0.5) is 0 Å². The third-order valence-corrected chi connectivity index (χ3v) is 3.69. The zero-order valence-electron chi connectivity index (χ0n) is 11.6. The third-order valence-electron chi connectivity index (χ3n) is 3.69. The molecular weight excluding hydrogens is 254 g/mol. The highest BCUT2D eigenvalue weighted by Gasteiger charge is 2.28. The van der Waals surface area contributed by atoms with E-state index in [9.17, 15) is 0 Å². The Morgan fingerprint density at radius 3 is 2.70 bits per heavy atom. The molecule has 20 heavy (non-hydrogen) atoms. The first kappa shape index (κ1) is 13.3. The van der Waals surface area contributed by atoms with Gasteiger partial charge in [0.15, 0.2) is 5.82 Å². The van der Waals surface area contributed by atoms with E-state index in [4.69, 9.17) is 15.0 Å². The maximum atomic E-state index is 5.97. The largest absolute Gasteiger partial charge is 0.380 e. The number of nitrogens with zero attached hydrogens (tertiary/aromatic N) is 2. The second kappa shape index (κ2) is 5.73. The van der Waals surface area contributed by atoms with Crippen LogP contribution >= 0.6 is 0 Å². The molecule has 1 heterocycles. The summed E-state index contributed by atoms with van der Waals surface area (Å²) in [4.78, 5) is 4.45. The summed E-state index contributed by atoms with van der Waals surface area (Å²) in [6.45, 7) is 2.99. The predicted octanol–water partition coefficient (Wildman–Crippen LogP) is 1.99. The van der Waals surface area contributed by atoms with Crippen molar-refractivity contribution in [3.63, 3.8) is 0 Å². The molecule has 3 rings (SSSR count). The molecule has 0 bridgehead atoms. The van der Waals surface area contributed by atoms with Crippen LogP contribution in [0.25, 0.3) is 0 Å². The van der Waals surface area contributed by atoms with E-state index in [1.54, 1.807) is 0 Å². The zero-order valence-corrected chi connectivity index (χ0v) is 11.6. The van der Waals surface area contributed by atoms with Gasteiger partial charge in [0.1, 0.15) is 0 Å². The van der Waals surface area contributed by atoms with E-state index in [0.29, 0.717) is 24.9 Å². The van der Waals surface area contributed by atoms with Gasteiger partial charge in [-0.3, -0.25) is 0 Å². The second-order valence-electron chi connectivity index (χ2n) is 5.13. The van der Waals surface area contributed by atoms with Crippen LogP contribution in [0.3, 0.4) is 0 Å². The molecule has 0 amide bonds. The molecule has 1 atom stereocenters. The molecule has 2 aromatic rings. The zero-order chi connectivity index (χ0) is 13.9. The molecule has 0 saturated heterocycles. The van der Waals surface area contributed by atoms with E-state index >= 15 is 0 Å². The molecule has 0 saturated carbocycles. The molecule has 106 valence electrons. The number of nitrogens with two attached hydrogens (primary N) is 1. The molecular formula is C15H19N3O2. The minimum absolute atomic E-state index is 0.271. The van der Waals surface area contributed by atoms with Gasteiger partial charge in [0.25, 0.3) is 0 Å². The SMILES string of the molecule is CCOCC(N)c1noc(C2Cc3ccccc3C2)n1. The monoisotopic (exact) mass is 273 g/mol. The Hall–Kier alpha value is -1.72. The van der Waals surface area contributed by atoms with Gasteiger partial charge in [-0.1, -0.05) is 29.4 Å². The number of ether oxygens (including phenoxy) is 1. The fraction of sp³-hybridized carbons (Fsp3) is 0.467. The molecule has 1 unspecified atom stereocenters. The van der Waals surface area contributed by atoms with Crippen molar-refractivity contribution in [2.75, 3.05) is 13.2 Å². The number of benzene rings is 1. The first-order chi connectivity index (χ1) is 9.78. The lowest BCUT2D eigenvalue weighted by atomic mass is 10.1. The van der Waals surface area contributed by atoms with Crippen molar-refractivity contribution < 1.29 is 9.26 Å². The van der Waals surface area contributed by atoms with Crippen LogP contribution in [-0.2, 0) is 17.6 Å². The van der Waals surface area contributed by atoms with Crippen LogP contribution in [0.15, 0.2) is 28.8 Å². The molecule has 1 aliphatic carbocycles. The normalized spacial score (nSPS) is 16.3. The molecule has 2 N–H and O–H groups in total. The van der Waals surface area contributed by atoms with E-state index in [-0.39, 0.29) is 12.0 Å². The van der Waals surface area contributed by atoms with Gasteiger partial charge in [0, 0.05) is 12.5 Å². The summed E-state index contributed by atoms with van der Waals surface area (Å²) in [6, 6.07) is 8.13. The quantitative estimate of drug-likeness (QED) is 0.901. The summed E-state index contributed by atoms with van der Waals surface area (Å²) in [5.74, 6) is 1.49. The van der Waals surface area contributed by atoms with E-state index < -0.39 is 0 Å². The maximum Gasteiger partial charge on any atom is 0.230 e. The summed E-state index contributed by atoms with van der Waals surface area (Å²) in [6.07, 6.45) is 1.91. The van der Waals surface area contributed by atoms with Gasteiger partial charge in [-0.2, -0.15) is 4.98 Å². The molecule has 0 fully saturated rings. The van der Waals surface area contributed by atoms with Crippen molar-refractivity contribution in [3.05, 3.63) is 47.1 Å². The van der Waals surface area contributed by atoms with E-state index in [1.807, 2.05) is 6.92 Å². The van der Waals surface area contributed by atoms with E-state index in [0.717, 1.165) is 12.8 Å². The Morgan fingerprint density at radius 1 is 1.35 bits per heavy atom. The molecule has 0 radical (unpaired) electrons. The lowest BCUT2D eigenvalue weighted by Crippen LogP contribution is -2.18. The van der Waals surface area contributed by atoms with Crippen LogP contribution in [0.1, 0.15) is 41.7 Å². The summed E-state index contributed by atoms with van der Waals surface area (Å²) in [7, 11) is 0. The summed E-state index contributed by atoms with van der Waals surface area (Å²) in [5, 5.41) is 3.99. The van der Waals surface area contributed by atoms with Crippen molar-refractivity contribution in [2.45, 2.75) is 31.7 Å². The van der Waals surface area contributed by atoms with Crippen LogP contribution in [0.5, 0.6) is 0 Å². The van der Waals surface area contributed by atoms with Gasteiger partial charge in [0.2, 0.25) is 5.89 Å². The summed E-state index contributed by atoms with van der Waals surface area (Å²) >= 11 is 0. The van der Waals surface area contributed by atoms with Gasteiger partial charge in [-0.25, -0.2) is 0 Å². The molecule has 5 nitrogen and oxygen atoms in total. The Labute approximate surface area is 118 Å². The molecule has 1 aromatic heterocycles. The molecule has 1 aliphatic rings. The average molecular weight is 273 g/mol. The molecule has 0 spiro atoms. The first-order valence-corrected chi connectivity index (χ1v) is 7.01. The smallest absolute Gasteiger partial charge is 0.230 e. The Balaban J connectivity index is 1.69. The fourth-order valence-electron chi connectivity index (χ4n) is 2.62. The van der Waals surface area contributed by atoms with Crippen molar-refractivity contribution in [3.8, 4) is 0 Å². The van der Waals surface area contributed by atoms with Gasteiger partial charge >= 0.3 is 0 Å². The average Bonchev–Trinajstić information content (AvgIpc) is 3.10. The fourth-order valence-corrected chi connectivity index (χ4v) is 2.62. The number of rotatable bonds is 5. The minimum Gasteiger partial charge on any atom is -0.380 e. The summed E-state index contributed by atoms with van der Waals surface area (Å²) in [5.41, 5.74) is 8.71. The number of hydrogen-bond acceptors (Lipinski definition) is 5. The third kappa shape index (κ3) is 2.59. The maximum absolute atomic E-state index is 5.97. The second-order valence-corrected chi connectivity index (χ2v) is 5.13. The lowest BCUT2D eigenvalue weighted by molar-refractivity contribution is 0.130. The number of fused-ring (bicyclic) bond motifs is 1. The van der Waals surface area contributed by atoms with Crippen molar-refractivity contribution >= 4 is 0 Å². The Morgan fingerprint density at radius 2 is 2.05 bits per heavy atom. The molecule has 1 aromatic carbocycles. The highest BCUT2D eigenvalue weighted by atomic mass is 16.5. The molecule has 5 heteroatoms. The van der Waals surface area contributed by atoms with Crippen LogP contribution in [0.2, 0.25) is 0 Å². The number of aromatic nitrogens is 2. The topological polar surface area (TPSA) is 74.2 Å². The lowest BCUT2D eigenvalue weighted by Gasteiger charge is -2.05. The standard InChI is InChI=1S/C15H19N3O2/c1-2-19-9-13(16)14-17-15(20-18-14)12-7-10-5-3-4-6-11(10)8-12/h3-6,12-13H,2,7-9,16H2,1H3. The Kier molecular flexibility index (Phi) is 3.80. The first-order valence-electron chi connectivity index (χ1n) is 7.01. The minimum atomic E-state index is -0.323. The van der Waals surface area contributed by atoms with Gasteiger partial charge in [0.05, 0.1) is 12.6 Å². The van der Waals surface area contributed by atoms with Crippen molar-refractivity contribution in [1.82, 2.24) is 10.1 Å². The van der Waals surface area contributed by atoms with Crippen LogP contribution in [0, 0.1) is 0 Å². The Bertz CT molecular complexity index is 557. The predicted molar refractivity (Wildman–Crippen MR) is 74.3 cm³/mol. The number of hydrogen-bond donors (Lipinski definition) is 1. The highest BCUT2D eigenvalue weighted by molar-refractivity contribution is 5.34. The molecule has 0 aliphatic heterocycles. The van der Waals surface area contributed by atoms with Crippen LogP contribution in [-0.4, -0.2) is 23.4 Å². The van der Waals surface area contributed by atoms with Crippen molar-refractivity contribution in [2.24, 2.45) is 5.73 Å². The van der Waals surface area contributed by atoms with Gasteiger partial charge in [-0.05, 0) is 30.9 Å².